The molecule has 1 aromatic heterocycles. The number of methoxy groups -OCH3 is 1. The van der Waals surface area contributed by atoms with Crippen LogP contribution in [0.1, 0.15) is 19.3 Å². The number of carbonyl (C=O) groups is 2. The van der Waals surface area contributed by atoms with E-state index in [9.17, 15) is 9.59 Å². The quantitative estimate of drug-likeness (QED) is 0.586. The Balaban J connectivity index is 1.25. The topological polar surface area (TPSA) is 88.1 Å². The van der Waals surface area contributed by atoms with Crippen LogP contribution in [0.15, 0.2) is 42.7 Å². The summed E-state index contributed by atoms with van der Waals surface area (Å²) in [5, 5.41) is 0. The molecular formula is C23H29N5O4. The number of ether oxygens (including phenoxy) is 2. The largest absolute Gasteiger partial charge is 0.493 e. The van der Waals surface area contributed by atoms with E-state index in [1.165, 1.54) is 0 Å². The predicted octanol–water partition coefficient (Wildman–Crippen LogP) is 1.59. The third-order valence-corrected chi connectivity index (χ3v) is 5.76. The van der Waals surface area contributed by atoms with Crippen molar-refractivity contribution in [2.45, 2.75) is 25.3 Å². The van der Waals surface area contributed by atoms with Crippen LogP contribution in [0.3, 0.4) is 0 Å². The number of carbonyl (C=O) groups excluding carboxylic acids is 2. The maximum absolute atomic E-state index is 12.8. The van der Waals surface area contributed by atoms with Crippen LogP contribution >= 0.6 is 0 Å². The maximum Gasteiger partial charge on any atom is 0.260 e. The standard InChI is InChI=1S/C23H29N5O4/c1-31-19-5-2-3-6-20(19)32-17-22(30)28(18-7-8-18)12-9-21(29)26-13-15-27(16-14-26)23-24-10-4-11-25-23/h2-6,10-11,18H,7-9,12-17H2,1H3. The number of piperazine rings is 1. The molecule has 0 radical (unpaired) electrons. The molecule has 1 aliphatic heterocycles. The zero-order valence-corrected chi connectivity index (χ0v) is 18.4. The lowest BCUT2D eigenvalue weighted by Gasteiger charge is -2.35. The van der Waals surface area contributed by atoms with E-state index in [0.29, 0.717) is 56.6 Å². The first kappa shape index (κ1) is 21.9. The van der Waals surface area contributed by atoms with E-state index in [1.54, 1.807) is 42.6 Å². The second-order valence-electron chi connectivity index (χ2n) is 7.92. The number of hydrogen-bond acceptors (Lipinski definition) is 7. The van der Waals surface area contributed by atoms with Gasteiger partial charge in [-0.2, -0.15) is 0 Å². The van der Waals surface area contributed by atoms with Gasteiger partial charge in [-0.3, -0.25) is 9.59 Å². The molecule has 32 heavy (non-hydrogen) atoms. The summed E-state index contributed by atoms with van der Waals surface area (Å²) in [6, 6.07) is 9.25. The summed E-state index contributed by atoms with van der Waals surface area (Å²) in [5.41, 5.74) is 0. The van der Waals surface area contributed by atoms with Gasteiger partial charge in [0.25, 0.3) is 5.91 Å². The second kappa shape index (κ2) is 10.3. The van der Waals surface area contributed by atoms with Crippen LogP contribution in [-0.4, -0.2) is 84.1 Å². The van der Waals surface area contributed by atoms with E-state index in [0.717, 1.165) is 12.8 Å². The lowest BCUT2D eigenvalue weighted by molar-refractivity contribution is -0.136. The number of anilines is 1. The maximum atomic E-state index is 12.8. The van der Waals surface area contributed by atoms with Gasteiger partial charge in [-0.25, -0.2) is 9.97 Å². The first-order valence-corrected chi connectivity index (χ1v) is 11.0. The van der Waals surface area contributed by atoms with Gasteiger partial charge in [0.2, 0.25) is 11.9 Å². The third kappa shape index (κ3) is 5.46. The van der Waals surface area contributed by atoms with Gasteiger partial charge in [0, 0.05) is 57.6 Å². The van der Waals surface area contributed by atoms with Gasteiger partial charge in [0.1, 0.15) is 0 Å². The molecule has 0 N–H and O–H groups in total. The molecule has 0 atom stereocenters. The molecule has 4 rings (SSSR count). The van der Waals surface area contributed by atoms with Crippen molar-refractivity contribution in [2.24, 2.45) is 0 Å². The zero-order valence-electron chi connectivity index (χ0n) is 18.4. The fourth-order valence-electron chi connectivity index (χ4n) is 3.84. The third-order valence-electron chi connectivity index (χ3n) is 5.76. The van der Waals surface area contributed by atoms with Gasteiger partial charge in [0.05, 0.1) is 7.11 Å². The summed E-state index contributed by atoms with van der Waals surface area (Å²) in [7, 11) is 1.57. The summed E-state index contributed by atoms with van der Waals surface area (Å²) >= 11 is 0. The molecule has 170 valence electrons. The van der Waals surface area contributed by atoms with Gasteiger partial charge < -0.3 is 24.2 Å². The average molecular weight is 440 g/mol. The molecule has 1 saturated carbocycles. The Labute approximate surface area is 187 Å². The van der Waals surface area contributed by atoms with Crippen molar-refractivity contribution in [1.29, 1.82) is 0 Å². The van der Waals surface area contributed by atoms with Crippen LogP contribution < -0.4 is 14.4 Å². The highest BCUT2D eigenvalue weighted by Gasteiger charge is 2.33. The smallest absolute Gasteiger partial charge is 0.260 e. The Morgan fingerprint density at radius 1 is 1.03 bits per heavy atom. The predicted molar refractivity (Wildman–Crippen MR) is 119 cm³/mol. The summed E-state index contributed by atoms with van der Waals surface area (Å²) < 4.78 is 11.0. The van der Waals surface area contributed by atoms with Crippen LogP contribution in [0.5, 0.6) is 11.5 Å². The Morgan fingerprint density at radius 3 is 2.38 bits per heavy atom. The lowest BCUT2D eigenvalue weighted by atomic mass is 10.2. The van der Waals surface area contributed by atoms with Gasteiger partial charge >= 0.3 is 0 Å². The molecule has 2 heterocycles. The number of rotatable bonds is 9. The number of aromatic nitrogens is 2. The molecule has 2 aliphatic rings. The molecule has 2 fully saturated rings. The van der Waals surface area contributed by atoms with Crippen molar-refractivity contribution < 1.29 is 19.1 Å². The molecule has 0 bridgehead atoms. The van der Waals surface area contributed by atoms with E-state index in [4.69, 9.17) is 9.47 Å². The molecule has 1 aromatic carbocycles. The molecule has 9 nitrogen and oxygen atoms in total. The van der Waals surface area contributed by atoms with Crippen molar-refractivity contribution >= 4 is 17.8 Å². The number of benzene rings is 1. The minimum absolute atomic E-state index is 0.0686. The molecule has 1 saturated heterocycles. The molecule has 2 amide bonds. The first-order chi connectivity index (χ1) is 15.7. The average Bonchev–Trinajstić information content (AvgIpc) is 3.69. The van der Waals surface area contributed by atoms with E-state index < -0.39 is 0 Å². The van der Waals surface area contributed by atoms with Crippen LogP contribution in [0, 0.1) is 0 Å². The van der Waals surface area contributed by atoms with Crippen molar-refractivity contribution in [3.8, 4) is 11.5 Å². The second-order valence-corrected chi connectivity index (χ2v) is 7.92. The van der Waals surface area contributed by atoms with Gasteiger partial charge in [0.15, 0.2) is 18.1 Å². The number of hydrogen-bond donors (Lipinski definition) is 0. The highest BCUT2D eigenvalue weighted by Crippen LogP contribution is 2.29. The van der Waals surface area contributed by atoms with E-state index in [-0.39, 0.29) is 24.5 Å². The summed E-state index contributed by atoms with van der Waals surface area (Å²) in [6.45, 7) is 3.01. The van der Waals surface area contributed by atoms with Crippen LogP contribution in [-0.2, 0) is 9.59 Å². The molecule has 0 unspecified atom stereocenters. The number of amides is 2. The summed E-state index contributed by atoms with van der Waals surface area (Å²) in [6.07, 6.45) is 5.72. The summed E-state index contributed by atoms with van der Waals surface area (Å²) in [4.78, 5) is 39.9. The van der Waals surface area contributed by atoms with Gasteiger partial charge in [-0.15, -0.1) is 0 Å². The van der Waals surface area contributed by atoms with E-state index >= 15 is 0 Å². The molecule has 2 aromatic rings. The Bertz CT molecular complexity index is 914. The SMILES string of the molecule is COc1ccccc1OCC(=O)N(CCC(=O)N1CCN(c2ncccn2)CC1)C1CC1. The van der Waals surface area contributed by atoms with Crippen molar-refractivity contribution in [3.63, 3.8) is 0 Å². The van der Waals surface area contributed by atoms with E-state index in [2.05, 4.69) is 14.9 Å². The lowest BCUT2D eigenvalue weighted by Crippen LogP contribution is -2.50. The number of nitrogens with zero attached hydrogens (tertiary/aromatic N) is 5. The zero-order chi connectivity index (χ0) is 22.3. The van der Waals surface area contributed by atoms with Crippen LogP contribution in [0.4, 0.5) is 5.95 Å². The first-order valence-electron chi connectivity index (χ1n) is 11.0. The Hall–Kier alpha value is -3.36. The van der Waals surface area contributed by atoms with Crippen LogP contribution in [0.25, 0.3) is 0 Å². The Morgan fingerprint density at radius 2 is 1.72 bits per heavy atom. The molecule has 9 heteroatoms. The normalized spacial score (nSPS) is 15.9. The van der Waals surface area contributed by atoms with E-state index in [1.807, 2.05) is 17.0 Å². The fraction of sp³-hybridized carbons (Fsp3) is 0.478. The van der Waals surface area contributed by atoms with Gasteiger partial charge in [-0.05, 0) is 31.0 Å². The summed E-state index contributed by atoms with van der Waals surface area (Å²) in [5.74, 6) is 1.80. The monoisotopic (exact) mass is 439 g/mol. The van der Waals surface area contributed by atoms with Gasteiger partial charge in [-0.1, -0.05) is 12.1 Å². The molecule has 0 spiro atoms. The fourth-order valence-corrected chi connectivity index (χ4v) is 3.84. The Kier molecular flexibility index (Phi) is 7.03. The van der Waals surface area contributed by atoms with Crippen LogP contribution in [0.2, 0.25) is 0 Å². The van der Waals surface area contributed by atoms with Crippen molar-refractivity contribution in [1.82, 2.24) is 19.8 Å². The highest BCUT2D eigenvalue weighted by atomic mass is 16.5. The minimum Gasteiger partial charge on any atom is -0.493 e. The molecular weight excluding hydrogens is 410 g/mol. The van der Waals surface area contributed by atoms with Crippen molar-refractivity contribution in [3.05, 3.63) is 42.7 Å². The minimum atomic E-state index is -0.0998. The molecule has 1 aliphatic carbocycles. The highest BCUT2D eigenvalue weighted by molar-refractivity contribution is 5.80. The number of para-hydroxylation sites is 2. The van der Waals surface area contributed by atoms with Crippen molar-refractivity contribution in [2.75, 3.05) is 51.3 Å².